The Morgan fingerprint density at radius 2 is 2.14 bits per heavy atom. The first kappa shape index (κ1) is 12.0. The maximum Gasteiger partial charge on any atom is 0.00243 e. The molecule has 0 bridgehead atoms. The second kappa shape index (κ2) is 5.72. The van der Waals surface area contributed by atoms with Crippen molar-refractivity contribution in [2.24, 2.45) is 23.5 Å². The molecule has 1 heterocycles. The lowest BCUT2D eigenvalue weighted by molar-refractivity contribution is 0.127. The molecular weight excluding hydrogens is 172 g/mol. The summed E-state index contributed by atoms with van der Waals surface area (Å²) >= 11 is 0. The molecule has 1 rings (SSSR count). The first-order chi connectivity index (χ1) is 6.63. The molecule has 0 radical (unpaired) electrons. The maximum atomic E-state index is 5.79. The fourth-order valence-electron chi connectivity index (χ4n) is 2.18. The molecule has 1 fully saturated rings. The molecule has 2 unspecified atom stereocenters. The number of hydrogen-bond donors (Lipinski definition) is 1. The summed E-state index contributed by atoms with van der Waals surface area (Å²) in [5.74, 6) is 2.39. The highest BCUT2D eigenvalue weighted by molar-refractivity contribution is 4.78. The Bertz CT molecular complexity index is 156. The second-order valence-corrected chi connectivity index (χ2v) is 5.24. The van der Waals surface area contributed by atoms with Gasteiger partial charge in [-0.2, -0.15) is 0 Å². The van der Waals surface area contributed by atoms with Gasteiger partial charge in [0.1, 0.15) is 0 Å². The van der Waals surface area contributed by atoms with E-state index in [2.05, 4.69) is 25.7 Å². The lowest BCUT2D eigenvalue weighted by Crippen LogP contribution is -2.43. The minimum Gasteiger partial charge on any atom is -0.330 e. The largest absolute Gasteiger partial charge is 0.330 e. The van der Waals surface area contributed by atoms with Gasteiger partial charge in [-0.1, -0.05) is 20.8 Å². The Morgan fingerprint density at radius 3 is 2.71 bits per heavy atom. The van der Waals surface area contributed by atoms with Gasteiger partial charge in [0.15, 0.2) is 0 Å². The monoisotopic (exact) mass is 198 g/mol. The smallest absolute Gasteiger partial charge is 0.00243 e. The van der Waals surface area contributed by atoms with Gasteiger partial charge in [0.05, 0.1) is 0 Å². The zero-order valence-corrected chi connectivity index (χ0v) is 10.00. The molecule has 0 aromatic rings. The van der Waals surface area contributed by atoms with Crippen LogP contribution in [0.2, 0.25) is 0 Å². The summed E-state index contributed by atoms with van der Waals surface area (Å²) in [4.78, 5) is 2.59. The van der Waals surface area contributed by atoms with Gasteiger partial charge in [-0.15, -0.1) is 0 Å². The average molecular weight is 198 g/mol. The standard InChI is InChI=1S/C12H26N2/c1-10(2)4-6-14-7-5-11(3)12(8-13)9-14/h10-12H,4-9,13H2,1-3H3. The molecule has 1 aliphatic heterocycles. The van der Waals surface area contributed by atoms with E-state index in [-0.39, 0.29) is 0 Å². The molecule has 0 amide bonds. The molecule has 1 aliphatic rings. The Morgan fingerprint density at radius 1 is 1.43 bits per heavy atom. The normalized spacial score (nSPS) is 29.8. The van der Waals surface area contributed by atoms with Gasteiger partial charge >= 0.3 is 0 Å². The van der Waals surface area contributed by atoms with E-state index in [1.54, 1.807) is 0 Å². The van der Waals surface area contributed by atoms with Crippen LogP contribution in [0.15, 0.2) is 0 Å². The topological polar surface area (TPSA) is 29.3 Å². The van der Waals surface area contributed by atoms with Crippen molar-refractivity contribution < 1.29 is 0 Å². The highest BCUT2D eigenvalue weighted by Gasteiger charge is 2.24. The second-order valence-electron chi connectivity index (χ2n) is 5.24. The average Bonchev–Trinajstić information content (AvgIpc) is 2.16. The van der Waals surface area contributed by atoms with E-state index in [0.29, 0.717) is 0 Å². The minimum atomic E-state index is 0.732. The van der Waals surface area contributed by atoms with E-state index in [4.69, 9.17) is 5.73 Å². The van der Waals surface area contributed by atoms with Gasteiger partial charge in [0.2, 0.25) is 0 Å². The molecule has 14 heavy (non-hydrogen) atoms. The third-order valence-corrected chi connectivity index (χ3v) is 3.52. The van der Waals surface area contributed by atoms with Crippen LogP contribution < -0.4 is 5.73 Å². The van der Waals surface area contributed by atoms with Gasteiger partial charge in [-0.25, -0.2) is 0 Å². The third-order valence-electron chi connectivity index (χ3n) is 3.52. The van der Waals surface area contributed by atoms with Crippen LogP contribution in [0.5, 0.6) is 0 Å². The fourth-order valence-corrected chi connectivity index (χ4v) is 2.18. The summed E-state index contributed by atoms with van der Waals surface area (Å²) in [6, 6.07) is 0. The lowest BCUT2D eigenvalue weighted by atomic mass is 9.87. The summed E-state index contributed by atoms with van der Waals surface area (Å²) in [6.45, 7) is 11.6. The van der Waals surface area contributed by atoms with E-state index < -0.39 is 0 Å². The maximum absolute atomic E-state index is 5.79. The van der Waals surface area contributed by atoms with E-state index in [1.807, 2.05) is 0 Å². The van der Waals surface area contributed by atoms with Gasteiger partial charge in [-0.05, 0) is 50.2 Å². The van der Waals surface area contributed by atoms with Crippen molar-refractivity contribution in [3.05, 3.63) is 0 Å². The van der Waals surface area contributed by atoms with Crippen LogP contribution >= 0.6 is 0 Å². The molecular formula is C12H26N2. The Balaban J connectivity index is 2.27. The van der Waals surface area contributed by atoms with Crippen molar-refractivity contribution >= 4 is 0 Å². The van der Waals surface area contributed by atoms with E-state index in [0.717, 1.165) is 24.3 Å². The number of likely N-dealkylation sites (tertiary alicyclic amines) is 1. The first-order valence-electron chi connectivity index (χ1n) is 6.06. The molecule has 0 aliphatic carbocycles. The van der Waals surface area contributed by atoms with Crippen LogP contribution in [-0.2, 0) is 0 Å². The number of rotatable bonds is 4. The number of nitrogens with two attached hydrogens (primary N) is 1. The van der Waals surface area contributed by atoms with E-state index >= 15 is 0 Å². The molecule has 84 valence electrons. The van der Waals surface area contributed by atoms with Crippen molar-refractivity contribution in [1.82, 2.24) is 4.90 Å². The summed E-state index contributed by atoms with van der Waals surface area (Å²) in [5, 5.41) is 0. The van der Waals surface area contributed by atoms with Gasteiger partial charge < -0.3 is 10.6 Å². The Labute approximate surface area is 88.8 Å². The SMILES string of the molecule is CC(C)CCN1CCC(C)C(CN)C1. The quantitative estimate of drug-likeness (QED) is 0.748. The summed E-state index contributed by atoms with van der Waals surface area (Å²) < 4.78 is 0. The van der Waals surface area contributed by atoms with Crippen molar-refractivity contribution in [3.63, 3.8) is 0 Å². The molecule has 0 spiro atoms. The Kier molecular flexibility index (Phi) is 4.90. The first-order valence-corrected chi connectivity index (χ1v) is 6.06. The van der Waals surface area contributed by atoms with Crippen LogP contribution in [0.25, 0.3) is 0 Å². The van der Waals surface area contributed by atoms with E-state index in [1.165, 1.54) is 32.5 Å². The summed E-state index contributed by atoms with van der Waals surface area (Å²) in [5.41, 5.74) is 5.79. The van der Waals surface area contributed by atoms with Gasteiger partial charge in [0, 0.05) is 6.54 Å². The highest BCUT2D eigenvalue weighted by Crippen LogP contribution is 2.22. The highest BCUT2D eigenvalue weighted by atomic mass is 15.1. The van der Waals surface area contributed by atoms with Gasteiger partial charge in [0.25, 0.3) is 0 Å². The van der Waals surface area contributed by atoms with E-state index in [9.17, 15) is 0 Å². The molecule has 0 saturated carbocycles. The predicted octanol–water partition coefficient (Wildman–Crippen LogP) is 1.95. The molecule has 2 nitrogen and oxygen atoms in total. The zero-order valence-electron chi connectivity index (χ0n) is 10.00. The predicted molar refractivity (Wildman–Crippen MR) is 62.2 cm³/mol. The van der Waals surface area contributed by atoms with Crippen molar-refractivity contribution in [1.29, 1.82) is 0 Å². The van der Waals surface area contributed by atoms with Crippen LogP contribution in [0.1, 0.15) is 33.6 Å². The Hall–Kier alpha value is -0.0800. The van der Waals surface area contributed by atoms with Crippen LogP contribution in [0.4, 0.5) is 0 Å². The molecule has 2 heteroatoms. The van der Waals surface area contributed by atoms with Crippen LogP contribution in [0, 0.1) is 17.8 Å². The molecule has 1 saturated heterocycles. The lowest BCUT2D eigenvalue weighted by Gasteiger charge is -2.36. The summed E-state index contributed by atoms with van der Waals surface area (Å²) in [6.07, 6.45) is 2.66. The molecule has 2 atom stereocenters. The zero-order chi connectivity index (χ0) is 10.6. The van der Waals surface area contributed by atoms with Crippen LogP contribution in [0.3, 0.4) is 0 Å². The summed E-state index contributed by atoms with van der Waals surface area (Å²) in [7, 11) is 0. The number of piperidine rings is 1. The van der Waals surface area contributed by atoms with Crippen molar-refractivity contribution in [3.8, 4) is 0 Å². The number of hydrogen-bond acceptors (Lipinski definition) is 2. The molecule has 0 aromatic carbocycles. The van der Waals surface area contributed by atoms with Crippen LogP contribution in [-0.4, -0.2) is 31.1 Å². The van der Waals surface area contributed by atoms with Gasteiger partial charge in [-0.3, -0.25) is 0 Å². The molecule has 0 aromatic heterocycles. The minimum absolute atomic E-state index is 0.732. The van der Waals surface area contributed by atoms with Crippen molar-refractivity contribution in [2.45, 2.75) is 33.6 Å². The fraction of sp³-hybridized carbons (Fsp3) is 1.00. The molecule has 2 N–H and O–H groups in total. The number of nitrogens with zero attached hydrogens (tertiary/aromatic N) is 1. The van der Waals surface area contributed by atoms with Crippen molar-refractivity contribution in [2.75, 3.05) is 26.2 Å². The third kappa shape index (κ3) is 3.58.